The Morgan fingerprint density at radius 2 is 1.67 bits per heavy atom. The SMILES string of the molecule is CC1(CO[Si](C)(C)C(C)(C)C)C[C@@H](O[Si](C)(C)C(C)(C)C)[C@H](n2cnc3c(N)ncnc32)O1. The van der Waals surface area contributed by atoms with Crippen LogP contribution in [0.5, 0.6) is 0 Å². The molecule has 1 unspecified atom stereocenters. The normalized spacial score (nSPS) is 25.2. The number of anilines is 1. The highest BCUT2D eigenvalue weighted by Gasteiger charge is 2.51. The molecule has 0 aliphatic carbocycles. The first kappa shape index (κ1) is 26.3. The van der Waals surface area contributed by atoms with Crippen LogP contribution in [0.2, 0.25) is 36.3 Å². The molecular formula is C23H43N5O3Si2. The van der Waals surface area contributed by atoms with E-state index in [-0.39, 0.29) is 22.4 Å². The van der Waals surface area contributed by atoms with Crippen molar-refractivity contribution in [3.05, 3.63) is 12.7 Å². The number of nitrogens with two attached hydrogens (primary N) is 1. The van der Waals surface area contributed by atoms with Gasteiger partial charge in [0.1, 0.15) is 11.8 Å². The molecule has 8 nitrogen and oxygen atoms in total. The molecule has 33 heavy (non-hydrogen) atoms. The third kappa shape index (κ3) is 5.19. The number of nitrogens with zero attached hydrogens (tertiary/aromatic N) is 4. The van der Waals surface area contributed by atoms with Gasteiger partial charge in [0.2, 0.25) is 0 Å². The van der Waals surface area contributed by atoms with E-state index in [1.807, 2.05) is 4.57 Å². The average Bonchev–Trinajstić information content (AvgIpc) is 3.20. The van der Waals surface area contributed by atoms with Crippen molar-refractivity contribution in [2.24, 2.45) is 0 Å². The van der Waals surface area contributed by atoms with E-state index in [0.717, 1.165) is 6.42 Å². The van der Waals surface area contributed by atoms with Crippen LogP contribution >= 0.6 is 0 Å². The number of hydrogen-bond donors (Lipinski definition) is 1. The second-order valence-corrected chi connectivity index (χ2v) is 22.3. The Labute approximate surface area is 200 Å². The van der Waals surface area contributed by atoms with E-state index in [9.17, 15) is 0 Å². The molecule has 1 aliphatic rings. The Hall–Kier alpha value is -1.34. The van der Waals surface area contributed by atoms with Gasteiger partial charge in [-0.25, -0.2) is 15.0 Å². The molecular weight excluding hydrogens is 450 g/mol. The van der Waals surface area contributed by atoms with Crippen LogP contribution < -0.4 is 5.73 Å². The summed E-state index contributed by atoms with van der Waals surface area (Å²) in [6.07, 6.45) is 3.43. The maximum atomic E-state index is 6.92. The second kappa shape index (κ2) is 8.40. The van der Waals surface area contributed by atoms with Crippen LogP contribution in [-0.2, 0) is 13.6 Å². The summed E-state index contributed by atoms with van der Waals surface area (Å²) in [4.78, 5) is 13.0. The lowest BCUT2D eigenvalue weighted by molar-refractivity contribution is -0.0944. The summed E-state index contributed by atoms with van der Waals surface area (Å²) in [6, 6.07) is 0. The first-order valence-electron chi connectivity index (χ1n) is 11.8. The Balaban J connectivity index is 1.95. The van der Waals surface area contributed by atoms with Gasteiger partial charge in [-0.05, 0) is 43.2 Å². The molecule has 2 aromatic heterocycles. The minimum Gasteiger partial charge on any atom is -0.414 e. The van der Waals surface area contributed by atoms with Crippen molar-refractivity contribution in [2.75, 3.05) is 12.3 Å². The zero-order valence-corrected chi connectivity index (χ0v) is 24.3. The molecule has 1 saturated heterocycles. The number of rotatable bonds is 6. The summed E-state index contributed by atoms with van der Waals surface area (Å²) in [5.41, 5.74) is 6.80. The van der Waals surface area contributed by atoms with Gasteiger partial charge in [-0.2, -0.15) is 0 Å². The number of imidazole rings is 1. The topological polar surface area (TPSA) is 97.3 Å². The van der Waals surface area contributed by atoms with Crippen molar-refractivity contribution in [2.45, 2.75) is 109 Å². The third-order valence-electron chi connectivity index (χ3n) is 7.81. The van der Waals surface area contributed by atoms with Crippen molar-refractivity contribution in [1.29, 1.82) is 0 Å². The summed E-state index contributed by atoms with van der Waals surface area (Å²) >= 11 is 0. The lowest BCUT2D eigenvalue weighted by Crippen LogP contribution is -2.46. The molecule has 1 aliphatic heterocycles. The third-order valence-corrected chi connectivity index (χ3v) is 16.8. The molecule has 3 heterocycles. The Bertz CT molecular complexity index is 996. The van der Waals surface area contributed by atoms with Gasteiger partial charge in [0.25, 0.3) is 0 Å². The highest BCUT2D eigenvalue weighted by atomic mass is 28.4. The number of nitrogen functional groups attached to an aromatic ring is 1. The number of hydrogen-bond acceptors (Lipinski definition) is 7. The molecule has 0 amide bonds. The monoisotopic (exact) mass is 493 g/mol. The standard InChI is InChI=1S/C23H43N5O3Si2/c1-21(2,3)32(8,9)29-13-23(7)12-16(31-33(10,11)22(4,5)6)20(30-23)28-15-27-17-18(24)25-14-26-19(17)28/h14-16,20H,12-13H2,1-11H3,(H2,24,25,26)/t16-,20-,23?/m1/s1. The van der Waals surface area contributed by atoms with Crippen molar-refractivity contribution in [3.63, 3.8) is 0 Å². The van der Waals surface area contributed by atoms with Crippen LogP contribution in [0, 0.1) is 0 Å². The number of fused-ring (bicyclic) bond motifs is 1. The van der Waals surface area contributed by atoms with E-state index in [2.05, 4.69) is 89.6 Å². The Morgan fingerprint density at radius 3 is 2.24 bits per heavy atom. The summed E-state index contributed by atoms with van der Waals surface area (Å²) in [5, 5.41) is 0.213. The molecule has 2 aromatic rings. The molecule has 3 atom stereocenters. The zero-order valence-electron chi connectivity index (χ0n) is 22.3. The quantitative estimate of drug-likeness (QED) is 0.531. The van der Waals surface area contributed by atoms with Gasteiger partial charge in [-0.1, -0.05) is 41.5 Å². The lowest BCUT2D eigenvalue weighted by atomic mass is 10.0. The predicted octanol–water partition coefficient (Wildman–Crippen LogP) is 5.50. The van der Waals surface area contributed by atoms with E-state index in [4.69, 9.17) is 19.3 Å². The fraction of sp³-hybridized carbons (Fsp3) is 0.783. The van der Waals surface area contributed by atoms with E-state index >= 15 is 0 Å². The molecule has 2 N–H and O–H groups in total. The maximum absolute atomic E-state index is 6.92. The summed E-state index contributed by atoms with van der Waals surface area (Å²) in [7, 11) is -3.98. The first-order chi connectivity index (χ1) is 14.9. The molecule has 0 saturated carbocycles. The van der Waals surface area contributed by atoms with Gasteiger partial charge < -0.3 is 19.3 Å². The van der Waals surface area contributed by atoms with E-state index < -0.39 is 22.2 Å². The lowest BCUT2D eigenvalue weighted by Gasteiger charge is -2.39. The first-order valence-corrected chi connectivity index (χ1v) is 17.6. The van der Waals surface area contributed by atoms with Crippen LogP contribution in [0.1, 0.15) is 61.1 Å². The second-order valence-electron chi connectivity index (χ2n) is 12.7. The fourth-order valence-electron chi connectivity index (χ4n) is 3.53. The van der Waals surface area contributed by atoms with Crippen molar-refractivity contribution >= 4 is 33.6 Å². The van der Waals surface area contributed by atoms with Gasteiger partial charge in [0.15, 0.2) is 34.3 Å². The Kier molecular flexibility index (Phi) is 6.69. The Morgan fingerprint density at radius 1 is 1.06 bits per heavy atom. The molecule has 3 rings (SSSR count). The fourth-order valence-corrected chi connectivity index (χ4v) is 5.94. The van der Waals surface area contributed by atoms with Crippen molar-refractivity contribution in [1.82, 2.24) is 19.5 Å². The maximum Gasteiger partial charge on any atom is 0.192 e. The summed E-state index contributed by atoms with van der Waals surface area (Å²) in [5.74, 6) is 0.364. The van der Waals surface area contributed by atoms with E-state index in [1.165, 1.54) is 6.33 Å². The molecule has 0 radical (unpaired) electrons. The van der Waals surface area contributed by atoms with Gasteiger partial charge in [0.05, 0.1) is 24.6 Å². The molecule has 186 valence electrons. The zero-order chi connectivity index (χ0) is 25.0. The molecule has 1 fully saturated rings. The molecule has 0 aromatic carbocycles. The largest absolute Gasteiger partial charge is 0.414 e. The minimum atomic E-state index is -2.06. The molecule has 0 spiro atoms. The predicted molar refractivity (Wildman–Crippen MR) is 138 cm³/mol. The highest BCUT2D eigenvalue weighted by molar-refractivity contribution is 6.74. The highest BCUT2D eigenvalue weighted by Crippen LogP contribution is 2.46. The minimum absolute atomic E-state index is 0.0811. The average molecular weight is 494 g/mol. The van der Waals surface area contributed by atoms with Gasteiger partial charge in [0, 0.05) is 6.42 Å². The smallest absolute Gasteiger partial charge is 0.192 e. The van der Waals surface area contributed by atoms with Crippen LogP contribution in [-0.4, -0.2) is 54.5 Å². The van der Waals surface area contributed by atoms with Crippen molar-refractivity contribution < 1.29 is 13.6 Å². The van der Waals surface area contributed by atoms with Crippen molar-refractivity contribution in [3.8, 4) is 0 Å². The summed E-state index contributed by atoms with van der Waals surface area (Å²) in [6.45, 7) is 25.3. The molecule has 10 heteroatoms. The number of aromatic nitrogens is 4. The van der Waals surface area contributed by atoms with Crippen LogP contribution in [0.15, 0.2) is 12.7 Å². The van der Waals surface area contributed by atoms with Gasteiger partial charge in [-0.3, -0.25) is 4.57 Å². The van der Waals surface area contributed by atoms with Crippen LogP contribution in [0.3, 0.4) is 0 Å². The molecule has 0 bridgehead atoms. The van der Waals surface area contributed by atoms with Gasteiger partial charge >= 0.3 is 0 Å². The summed E-state index contributed by atoms with van der Waals surface area (Å²) < 4.78 is 22.2. The van der Waals surface area contributed by atoms with Gasteiger partial charge in [-0.15, -0.1) is 0 Å². The van der Waals surface area contributed by atoms with E-state index in [1.54, 1.807) is 6.33 Å². The van der Waals surface area contributed by atoms with Crippen LogP contribution in [0.4, 0.5) is 5.82 Å². The van der Waals surface area contributed by atoms with E-state index in [0.29, 0.717) is 23.6 Å². The number of ether oxygens (including phenoxy) is 1. The van der Waals surface area contributed by atoms with Crippen LogP contribution in [0.25, 0.3) is 11.2 Å².